The maximum Gasteiger partial charge on any atom is 0.144 e. The van der Waals surface area contributed by atoms with Crippen molar-refractivity contribution in [3.63, 3.8) is 0 Å². The number of nitrogens with zero attached hydrogens (tertiary/aromatic N) is 3. The van der Waals surface area contributed by atoms with Crippen LogP contribution in [0.4, 0.5) is 5.82 Å². The van der Waals surface area contributed by atoms with Crippen LogP contribution in [0.3, 0.4) is 0 Å². The summed E-state index contributed by atoms with van der Waals surface area (Å²) in [6.07, 6.45) is 6.13. The van der Waals surface area contributed by atoms with Gasteiger partial charge >= 0.3 is 0 Å². The highest BCUT2D eigenvalue weighted by molar-refractivity contribution is 7.11. The molecule has 0 radical (unpaired) electrons. The summed E-state index contributed by atoms with van der Waals surface area (Å²) < 4.78 is 0. The molecule has 2 aromatic heterocycles. The van der Waals surface area contributed by atoms with Crippen LogP contribution < -0.4 is 5.32 Å². The lowest BCUT2D eigenvalue weighted by Gasteiger charge is -2.14. The molecular weight excluding hydrogens is 280 g/mol. The van der Waals surface area contributed by atoms with Gasteiger partial charge in [-0.1, -0.05) is 6.92 Å². The van der Waals surface area contributed by atoms with Crippen LogP contribution in [0, 0.1) is 11.3 Å². The van der Waals surface area contributed by atoms with Crippen molar-refractivity contribution in [2.45, 2.75) is 45.6 Å². The third-order valence-electron chi connectivity index (χ3n) is 3.81. The highest BCUT2D eigenvalue weighted by Gasteiger charge is 2.18. The molecule has 0 fully saturated rings. The van der Waals surface area contributed by atoms with Crippen molar-refractivity contribution < 1.29 is 0 Å². The maximum absolute atomic E-state index is 9.33. The topological polar surface area (TPSA) is 61.6 Å². The number of thiazole rings is 1. The van der Waals surface area contributed by atoms with Gasteiger partial charge in [0.05, 0.1) is 11.6 Å². The zero-order chi connectivity index (χ0) is 14.8. The van der Waals surface area contributed by atoms with Crippen molar-refractivity contribution in [2.75, 3.05) is 5.32 Å². The quantitative estimate of drug-likeness (QED) is 0.936. The molecule has 1 atom stereocenters. The number of aromatic nitrogens is 2. The molecule has 2 heterocycles. The zero-order valence-corrected chi connectivity index (χ0v) is 13.1. The molecule has 3 rings (SSSR count). The van der Waals surface area contributed by atoms with Gasteiger partial charge in [-0.05, 0) is 44.2 Å². The Morgan fingerprint density at radius 2 is 2.33 bits per heavy atom. The molecule has 5 heteroatoms. The van der Waals surface area contributed by atoms with Crippen molar-refractivity contribution in [1.29, 1.82) is 5.26 Å². The van der Waals surface area contributed by atoms with E-state index < -0.39 is 0 Å². The first kappa shape index (κ1) is 14.0. The normalized spacial score (nSPS) is 14.5. The van der Waals surface area contributed by atoms with Gasteiger partial charge in [-0.2, -0.15) is 5.26 Å². The molecule has 108 valence electrons. The summed E-state index contributed by atoms with van der Waals surface area (Å²) in [5.74, 6) is 0.693. The molecule has 4 nitrogen and oxygen atoms in total. The first-order valence-corrected chi connectivity index (χ1v) is 8.17. The number of rotatable bonds is 4. The molecule has 0 spiro atoms. The van der Waals surface area contributed by atoms with Gasteiger partial charge < -0.3 is 5.32 Å². The summed E-state index contributed by atoms with van der Waals surface area (Å²) in [5, 5.41) is 13.7. The second kappa shape index (κ2) is 5.82. The minimum atomic E-state index is 0.0642. The molecule has 1 unspecified atom stereocenters. The molecule has 0 saturated carbocycles. The Morgan fingerprint density at radius 1 is 1.48 bits per heavy atom. The van der Waals surface area contributed by atoms with Gasteiger partial charge in [0.15, 0.2) is 0 Å². The Kier molecular flexibility index (Phi) is 3.89. The number of hydrogen-bond acceptors (Lipinski definition) is 5. The minimum absolute atomic E-state index is 0.0642. The molecule has 1 N–H and O–H groups in total. The van der Waals surface area contributed by atoms with E-state index in [1.807, 2.05) is 12.3 Å². The van der Waals surface area contributed by atoms with E-state index in [1.165, 1.54) is 10.4 Å². The first-order chi connectivity index (χ1) is 10.2. The van der Waals surface area contributed by atoms with E-state index in [0.717, 1.165) is 36.4 Å². The van der Waals surface area contributed by atoms with Crippen LogP contribution in [0.25, 0.3) is 0 Å². The number of anilines is 1. The number of nitriles is 1. The van der Waals surface area contributed by atoms with Gasteiger partial charge in [-0.15, -0.1) is 11.3 Å². The van der Waals surface area contributed by atoms with Crippen molar-refractivity contribution in [2.24, 2.45) is 0 Å². The highest BCUT2D eigenvalue weighted by Crippen LogP contribution is 2.28. The van der Waals surface area contributed by atoms with Crippen LogP contribution in [0.2, 0.25) is 0 Å². The fourth-order valence-electron chi connectivity index (χ4n) is 2.62. The molecule has 21 heavy (non-hydrogen) atoms. The fourth-order valence-corrected chi connectivity index (χ4v) is 3.48. The Morgan fingerprint density at radius 3 is 3.05 bits per heavy atom. The Balaban J connectivity index is 1.85. The summed E-state index contributed by atoms with van der Waals surface area (Å²) >= 11 is 1.71. The standard InChI is InChI=1S/C16H18N4S/c1-3-13-9-18-16(21-13)10(2)19-15-12(8-17)7-11-5-4-6-14(11)20-15/h7,9-10H,3-6H2,1-2H3,(H,19,20). The summed E-state index contributed by atoms with van der Waals surface area (Å²) in [6.45, 7) is 4.19. The van der Waals surface area contributed by atoms with Crippen LogP contribution in [0.1, 0.15) is 53.0 Å². The lowest BCUT2D eigenvalue weighted by molar-refractivity contribution is 0.853. The third kappa shape index (κ3) is 2.77. The Bertz CT molecular complexity index is 699. The fraction of sp³-hybridized carbons (Fsp3) is 0.438. The van der Waals surface area contributed by atoms with E-state index in [1.54, 1.807) is 11.3 Å². The number of fused-ring (bicyclic) bond motifs is 1. The summed E-state index contributed by atoms with van der Waals surface area (Å²) in [5.41, 5.74) is 3.00. The van der Waals surface area contributed by atoms with E-state index in [2.05, 4.69) is 35.2 Å². The van der Waals surface area contributed by atoms with E-state index in [0.29, 0.717) is 11.4 Å². The highest BCUT2D eigenvalue weighted by atomic mass is 32.1. The Hall–Kier alpha value is -1.93. The van der Waals surface area contributed by atoms with Gasteiger partial charge in [0.25, 0.3) is 0 Å². The lowest BCUT2D eigenvalue weighted by Crippen LogP contribution is -2.10. The smallest absolute Gasteiger partial charge is 0.144 e. The van der Waals surface area contributed by atoms with E-state index >= 15 is 0 Å². The van der Waals surface area contributed by atoms with E-state index in [4.69, 9.17) is 0 Å². The van der Waals surface area contributed by atoms with Crippen LogP contribution in [0.5, 0.6) is 0 Å². The molecule has 0 saturated heterocycles. The summed E-state index contributed by atoms with van der Waals surface area (Å²) in [4.78, 5) is 10.4. The zero-order valence-electron chi connectivity index (χ0n) is 12.3. The molecular formula is C16H18N4S. The minimum Gasteiger partial charge on any atom is -0.360 e. The van der Waals surface area contributed by atoms with Gasteiger partial charge in [-0.25, -0.2) is 9.97 Å². The molecule has 2 aromatic rings. The predicted molar refractivity (Wildman–Crippen MR) is 84.5 cm³/mol. The lowest BCUT2D eigenvalue weighted by atomic mass is 10.1. The van der Waals surface area contributed by atoms with Gasteiger partial charge in [0, 0.05) is 16.8 Å². The van der Waals surface area contributed by atoms with Crippen molar-refractivity contribution >= 4 is 17.2 Å². The van der Waals surface area contributed by atoms with Crippen LogP contribution >= 0.6 is 11.3 Å². The number of nitrogens with one attached hydrogen (secondary N) is 1. The van der Waals surface area contributed by atoms with Gasteiger partial charge in [0.1, 0.15) is 16.9 Å². The molecule has 1 aliphatic rings. The molecule has 1 aliphatic carbocycles. The van der Waals surface area contributed by atoms with E-state index in [9.17, 15) is 5.26 Å². The van der Waals surface area contributed by atoms with Crippen LogP contribution in [0.15, 0.2) is 12.3 Å². The second-order valence-electron chi connectivity index (χ2n) is 5.34. The summed E-state index contributed by atoms with van der Waals surface area (Å²) in [6, 6.07) is 4.31. The summed E-state index contributed by atoms with van der Waals surface area (Å²) in [7, 11) is 0. The molecule has 0 amide bonds. The number of aryl methyl sites for hydroxylation is 3. The average molecular weight is 298 g/mol. The third-order valence-corrected chi connectivity index (χ3v) is 5.14. The molecule has 0 aliphatic heterocycles. The Labute approximate surface area is 128 Å². The van der Waals surface area contributed by atoms with Gasteiger partial charge in [0.2, 0.25) is 0 Å². The van der Waals surface area contributed by atoms with Crippen molar-refractivity contribution in [1.82, 2.24) is 9.97 Å². The van der Waals surface area contributed by atoms with E-state index in [-0.39, 0.29) is 6.04 Å². The van der Waals surface area contributed by atoms with Crippen molar-refractivity contribution in [3.05, 3.63) is 39.0 Å². The first-order valence-electron chi connectivity index (χ1n) is 7.35. The number of pyridine rings is 1. The largest absolute Gasteiger partial charge is 0.360 e. The molecule has 0 aromatic carbocycles. The second-order valence-corrected chi connectivity index (χ2v) is 6.49. The maximum atomic E-state index is 9.33. The predicted octanol–water partition coefficient (Wildman–Crippen LogP) is 3.63. The SMILES string of the molecule is CCc1cnc(C(C)Nc2nc3c(cc2C#N)CCC3)s1. The van der Waals surface area contributed by atoms with Crippen LogP contribution in [-0.2, 0) is 19.3 Å². The monoisotopic (exact) mass is 298 g/mol. The van der Waals surface area contributed by atoms with Gasteiger partial charge in [-0.3, -0.25) is 0 Å². The van der Waals surface area contributed by atoms with Crippen LogP contribution in [-0.4, -0.2) is 9.97 Å². The average Bonchev–Trinajstić information content (AvgIpc) is 3.14. The van der Waals surface area contributed by atoms with Crippen molar-refractivity contribution in [3.8, 4) is 6.07 Å². The molecule has 0 bridgehead atoms. The number of hydrogen-bond donors (Lipinski definition) is 1.